The largest absolute Gasteiger partial charge is 0.481 e. The Morgan fingerprint density at radius 2 is 1.72 bits per heavy atom. The van der Waals surface area contributed by atoms with Crippen molar-refractivity contribution in [2.45, 2.75) is 68.6 Å². The molecule has 0 aromatic carbocycles. The number of carboxylic acids is 1. The molecule has 104 valence electrons. The second-order valence-electron chi connectivity index (χ2n) is 5.91. The number of hydrogen-bond donors (Lipinski definition) is 2. The van der Waals surface area contributed by atoms with Crippen LogP contribution in [0, 0.1) is 5.92 Å². The highest BCUT2D eigenvalue weighted by Gasteiger charge is 2.36. The minimum atomic E-state index is -0.697. The van der Waals surface area contributed by atoms with Crippen LogP contribution in [0.25, 0.3) is 0 Å². The Bertz CT molecular complexity index is 279. The van der Waals surface area contributed by atoms with Gasteiger partial charge in [-0.2, -0.15) is 11.8 Å². The monoisotopic (exact) mass is 272 g/mol. The molecule has 0 aromatic heterocycles. The maximum absolute atomic E-state index is 10.9. The van der Waals surface area contributed by atoms with E-state index >= 15 is 0 Å². The van der Waals surface area contributed by atoms with Crippen LogP contribution in [0.1, 0.15) is 57.8 Å². The van der Waals surface area contributed by atoms with Crippen molar-refractivity contribution in [3.63, 3.8) is 0 Å². The molecule has 0 saturated heterocycles. The molecular formula is C14H24O3S. The molecule has 0 aliphatic heterocycles. The summed E-state index contributed by atoms with van der Waals surface area (Å²) in [6.45, 7) is 0. The Balaban J connectivity index is 1.73. The molecule has 2 N–H and O–H groups in total. The third kappa shape index (κ3) is 3.89. The Morgan fingerprint density at radius 3 is 2.28 bits per heavy atom. The molecule has 18 heavy (non-hydrogen) atoms. The van der Waals surface area contributed by atoms with Crippen molar-refractivity contribution < 1.29 is 15.0 Å². The summed E-state index contributed by atoms with van der Waals surface area (Å²) >= 11 is 1.91. The number of aliphatic hydroxyl groups is 1. The Labute approximate surface area is 113 Å². The summed E-state index contributed by atoms with van der Waals surface area (Å²) in [5.74, 6) is -0.133. The predicted molar refractivity (Wildman–Crippen MR) is 73.9 cm³/mol. The van der Waals surface area contributed by atoms with Crippen LogP contribution in [0.15, 0.2) is 0 Å². The van der Waals surface area contributed by atoms with Gasteiger partial charge in [-0.25, -0.2) is 0 Å². The number of thioether (sulfide) groups is 1. The number of carboxylic acid groups (broad SMARTS) is 1. The lowest BCUT2D eigenvalue weighted by Gasteiger charge is -2.35. The summed E-state index contributed by atoms with van der Waals surface area (Å²) in [6, 6.07) is 0. The summed E-state index contributed by atoms with van der Waals surface area (Å²) in [5.41, 5.74) is -0.603. The average molecular weight is 272 g/mol. The molecule has 0 aromatic rings. The van der Waals surface area contributed by atoms with Crippen molar-refractivity contribution in [1.82, 2.24) is 0 Å². The molecule has 0 spiro atoms. The second-order valence-corrected chi connectivity index (χ2v) is 7.20. The van der Waals surface area contributed by atoms with Crippen molar-refractivity contribution in [2.24, 2.45) is 5.92 Å². The molecule has 2 fully saturated rings. The van der Waals surface area contributed by atoms with Crippen molar-refractivity contribution in [3.8, 4) is 0 Å². The maximum Gasteiger partial charge on any atom is 0.306 e. The first-order valence-corrected chi connectivity index (χ1v) is 8.21. The number of hydrogen-bond acceptors (Lipinski definition) is 3. The zero-order valence-corrected chi connectivity index (χ0v) is 11.8. The fourth-order valence-corrected chi connectivity index (χ4v) is 4.55. The van der Waals surface area contributed by atoms with Crippen molar-refractivity contribution >= 4 is 17.7 Å². The molecule has 0 heterocycles. The van der Waals surface area contributed by atoms with E-state index in [4.69, 9.17) is 5.11 Å². The van der Waals surface area contributed by atoms with Crippen LogP contribution in [-0.4, -0.2) is 32.8 Å². The average Bonchev–Trinajstić information content (AvgIpc) is 2.38. The fraction of sp³-hybridized carbons (Fsp3) is 0.929. The van der Waals surface area contributed by atoms with Gasteiger partial charge in [0.2, 0.25) is 0 Å². The molecule has 0 bridgehead atoms. The lowest BCUT2D eigenvalue weighted by molar-refractivity contribution is -0.144. The van der Waals surface area contributed by atoms with Gasteiger partial charge in [-0.1, -0.05) is 19.3 Å². The highest BCUT2D eigenvalue weighted by Crippen LogP contribution is 2.37. The zero-order valence-electron chi connectivity index (χ0n) is 10.9. The minimum Gasteiger partial charge on any atom is -0.481 e. The highest BCUT2D eigenvalue weighted by molar-refractivity contribution is 7.99. The van der Waals surface area contributed by atoms with Gasteiger partial charge in [0.15, 0.2) is 0 Å². The topological polar surface area (TPSA) is 57.5 Å². The summed E-state index contributed by atoms with van der Waals surface area (Å²) < 4.78 is 0. The minimum absolute atomic E-state index is 0.232. The van der Waals surface area contributed by atoms with E-state index in [1.165, 1.54) is 32.1 Å². The van der Waals surface area contributed by atoms with Crippen molar-refractivity contribution in [3.05, 3.63) is 0 Å². The van der Waals surface area contributed by atoms with Crippen LogP contribution in [0.3, 0.4) is 0 Å². The van der Waals surface area contributed by atoms with E-state index in [9.17, 15) is 9.90 Å². The third-order valence-corrected chi connectivity index (χ3v) is 6.05. The molecular weight excluding hydrogens is 248 g/mol. The van der Waals surface area contributed by atoms with Gasteiger partial charge in [0.1, 0.15) is 0 Å². The van der Waals surface area contributed by atoms with E-state index in [0.29, 0.717) is 25.7 Å². The van der Waals surface area contributed by atoms with Gasteiger partial charge < -0.3 is 10.2 Å². The van der Waals surface area contributed by atoms with E-state index in [2.05, 4.69) is 0 Å². The van der Waals surface area contributed by atoms with E-state index < -0.39 is 11.6 Å². The molecule has 2 saturated carbocycles. The lowest BCUT2D eigenvalue weighted by atomic mass is 9.80. The first-order valence-electron chi connectivity index (χ1n) is 7.16. The molecule has 2 aliphatic rings. The quantitative estimate of drug-likeness (QED) is 0.826. The van der Waals surface area contributed by atoms with Crippen LogP contribution in [0.5, 0.6) is 0 Å². The van der Waals surface area contributed by atoms with E-state index in [0.717, 1.165) is 11.0 Å². The predicted octanol–water partition coefficient (Wildman–Crippen LogP) is 3.06. The van der Waals surface area contributed by atoms with Gasteiger partial charge in [-0.05, 0) is 38.5 Å². The van der Waals surface area contributed by atoms with Crippen LogP contribution >= 0.6 is 11.8 Å². The van der Waals surface area contributed by atoms with Crippen LogP contribution in [-0.2, 0) is 4.79 Å². The van der Waals surface area contributed by atoms with E-state index in [1.54, 1.807) is 0 Å². The van der Waals surface area contributed by atoms with Gasteiger partial charge in [-0.3, -0.25) is 4.79 Å². The van der Waals surface area contributed by atoms with Gasteiger partial charge in [-0.15, -0.1) is 0 Å². The van der Waals surface area contributed by atoms with Crippen LogP contribution in [0.4, 0.5) is 0 Å². The van der Waals surface area contributed by atoms with Gasteiger partial charge >= 0.3 is 5.97 Å². The SMILES string of the molecule is O=C(O)C1CCC(O)(CSC2CCCCC2)CC1. The Morgan fingerprint density at radius 1 is 1.11 bits per heavy atom. The number of rotatable bonds is 4. The Kier molecular flexibility index (Phi) is 4.96. The normalized spacial score (nSPS) is 34.4. The molecule has 4 heteroatoms. The highest BCUT2D eigenvalue weighted by atomic mass is 32.2. The first kappa shape index (κ1) is 14.2. The third-order valence-electron chi connectivity index (χ3n) is 4.41. The standard InChI is InChI=1S/C14H24O3S/c15-13(16)11-6-8-14(17,9-7-11)10-18-12-4-2-1-3-5-12/h11-12,17H,1-10H2,(H,15,16). The fourth-order valence-electron chi connectivity index (χ4n) is 3.05. The lowest BCUT2D eigenvalue weighted by Crippen LogP contribution is -2.38. The van der Waals surface area contributed by atoms with E-state index in [-0.39, 0.29) is 5.92 Å². The summed E-state index contributed by atoms with van der Waals surface area (Å²) in [6.07, 6.45) is 9.19. The molecule has 0 amide bonds. The molecule has 2 aliphatic carbocycles. The first-order chi connectivity index (χ1) is 8.59. The summed E-state index contributed by atoms with van der Waals surface area (Å²) in [5, 5.41) is 20.2. The smallest absolute Gasteiger partial charge is 0.306 e. The van der Waals surface area contributed by atoms with Crippen LogP contribution in [0.2, 0.25) is 0 Å². The Hall–Kier alpha value is -0.220. The van der Waals surface area contributed by atoms with Gasteiger partial charge in [0.05, 0.1) is 11.5 Å². The number of aliphatic carboxylic acids is 1. The molecule has 3 nitrogen and oxygen atoms in total. The van der Waals surface area contributed by atoms with Gasteiger partial charge in [0, 0.05) is 11.0 Å². The maximum atomic E-state index is 10.9. The van der Waals surface area contributed by atoms with Gasteiger partial charge in [0.25, 0.3) is 0 Å². The van der Waals surface area contributed by atoms with Crippen molar-refractivity contribution in [2.75, 3.05) is 5.75 Å². The summed E-state index contributed by atoms with van der Waals surface area (Å²) in [7, 11) is 0. The molecule has 2 rings (SSSR count). The summed E-state index contributed by atoms with van der Waals surface area (Å²) in [4.78, 5) is 10.9. The number of carbonyl (C=O) groups is 1. The van der Waals surface area contributed by atoms with E-state index in [1.807, 2.05) is 11.8 Å². The van der Waals surface area contributed by atoms with Crippen molar-refractivity contribution in [1.29, 1.82) is 0 Å². The second kappa shape index (κ2) is 6.29. The molecule has 0 unspecified atom stereocenters. The van der Waals surface area contributed by atoms with Crippen LogP contribution < -0.4 is 0 Å². The zero-order chi connectivity index (χ0) is 13.0. The molecule has 0 radical (unpaired) electrons. The molecule has 0 atom stereocenters.